The van der Waals surface area contributed by atoms with Crippen molar-refractivity contribution in [2.45, 2.75) is 25.7 Å². The first-order chi connectivity index (χ1) is 15.0. The van der Waals surface area contributed by atoms with Crippen LogP contribution in [0, 0.1) is 29.6 Å². The lowest BCUT2D eigenvalue weighted by atomic mass is 9.62. The lowest BCUT2D eigenvalue weighted by Crippen LogP contribution is -2.51. The number of aromatic nitrogens is 1. The van der Waals surface area contributed by atoms with Gasteiger partial charge in [-0.2, -0.15) is 0 Å². The summed E-state index contributed by atoms with van der Waals surface area (Å²) in [6.45, 7) is 4.44. The van der Waals surface area contributed by atoms with E-state index < -0.39 is 5.41 Å². The van der Waals surface area contributed by atoms with Crippen LogP contribution >= 0.6 is 0 Å². The molecule has 1 aromatic heterocycles. The normalized spacial score (nSPS) is 31.2. The maximum atomic E-state index is 14.3. The maximum Gasteiger partial charge on any atom is 0.241 e. The monoisotopic (exact) mass is 416 g/mol. The second kappa shape index (κ2) is 7.41. The Morgan fingerprint density at radius 3 is 2.61 bits per heavy atom. The minimum absolute atomic E-state index is 0.0210. The van der Waals surface area contributed by atoms with E-state index in [1.165, 1.54) is 5.56 Å². The number of rotatable bonds is 5. The topological polar surface area (TPSA) is 59.5 Å². The summed E-state index contributed by atoms with van der Waals surface area (Å²) < 4.78 is 5.40. The molecule has 2 aliphatic carbocycles. The van der Waals surface area contributed by atoms with Crippen LogP contribution in [0.3, 0.4) is 0 Å². The molecule has 160 valence electrons. The molecule has 0 bridgehead atoms. The molecule has 5 atom stereocenters. The minimum atomic E-state index is -0.790. The number of carbonyl (C=O) groups excluding carboxylic acids is 2. The average Bonchev–Trinajstić information content (AvgIpc) is 3.36. The Morgan fingerprint density at radius 2 is 1.90 bits per heavy atom. The molecule has 5 rings (SSSR count). The van der Waals surface area contributed by atoms with Gasteiger partial charge in [0.1, 0.15) is 12.5 Å². The second-order valence-electron chi connectivity index (χ2n) is 9.33. The lowest BCUT2D eigenvalue weighted by molar-refractivity contribution is -0.128. The Labute approximate surface area is 183 Å². The molecule has 0 N–H and O–H groups in total. The van der Waals surface area contributed by atoms with E-state index in [2.05, 4.69) is 37.0 Å². The van der Waals surface area contributed by atoms with Crippen LogP contribution in [-0.4, -0.2) is 30.5 Å². The van der Waals surface area contributed by atoms with Crippen LogP contribution in [0.1, 0.15) is 25.0 Å². The van der Waals surface area contributed by atoms with Gasteiger partial charge >= 0.3 is 0 Å². The Hall–Kier alpha value is -2.79. The highest BCUT2D eigenvalue weighted by molar-refractivity contribution is 6.09. The lowest BCUT2D eigenvalue weighted by Gasteiger charge is -2.39. The van der Waals surface area contributed by atoms with E-state index in [1.54, 1.807) is 24.3 Å². The fraction of sp³-hybridized carbons (Fsp3) is 0.423. The molecule has 1 aromatic carbocycles. The zero-order valence-corrected chi connectivity index (χ0v) is 18.2. The number of fused-ring (bicyclic) bond motifs is 3. The van der Waals surface area contributed by atoms with E-state index in [4.69, 9.17) is 4.74 Å². The van der Waals surface area contributed by atoms with Crippen LogP contribution in [0.5, 0.6) is 0 Å². The van der Waals surface area contributed by atoms with Crippen LogP contribution in [0.4, 0.5) is 5.82 Å². The van der Waals surface area contributed by atoms with Crippen molar-refractivity contribution in [3.8, 4) is 0 Å². The molecule has 5 nitrogen and oxygen atoms in total. The fourth-order valence-electron chi connectivity index (χ4n) is 6.67. The maximum absolute atomic E-state index is 14.3. The molecular formula is C26H28N2O3. The van der Waals surface area contributed by atoms with Gasteiger partial charge in [0.05, 0.1) is 5.41 Å². The molecule has 3 aliphatic rings. The number of hydrogen-bond acceptors (Lipinski definition) is 4. The first-order valence-electron chi connectivity index (χ1n) is 11.0. The number of methoxy groups -OCH3 is 1. The molecule has 0 radical (unpaired) electrons. The molecule has 2 heterocycles. The summed E-state index contributed by atoms with van der Waals surface area (Å²) in [5.41, 5.74) is 1.35. The van der Waals surface area contributed by atoms with Crippen LogP contribution in [0.15, 0.2) is 60.8 Å². The van der Waals surface area contributed by atoms with E-state index in [0.29, 0.717) is 5.82 Å². The van der Waals surface area contributed by atoms with Crippen molar-refractivity contribution in [2.75, 3.05) is 18.7 Å². The second-order valence-corrected chi connectivity index (χ2v) is 9.33. The molecule has 2 aromatic rings. The van der Waals surface area contributed by atoms with E-state index >= 15 is 0 Å². The van der Waals surface area contributed by atoms with Gasteiger partial charge in [-0.05, 0) is 47.8 Å². The molecule has 1 spiro atoms. The number of anilines is 1. The third kappa shape index (κ3) is 2.69. The summed E-state index contributed by atoms with van der Waals surface area (Å²) in [4.78, 5) is 33.7. The van der Waals surface area contributed by atoms with Crippen molar-refractivity contribution in [2.24, 2.45) is 29.6 Å². The van der Waals surface area contributed by atoms with Gasteiger partial charge in [-0.15, -0.1) is 0 Å². The first-order valence-corrected chi connectivity index (χ1v) is 11.0. The summed E-state index contributed by atoms with van der Waals surface area (Å²) in [7, 11) is 1.60. The number of allylic oxidation sites excluding steroid dienone is 2. The number of benzene rings is 1. The van der Waals surface area contributed by atoms with Crippen LogP contribution in [0.2, 0.25) is 0 Å². The number of pyridine rings is 1. The van der Waals surface area contributed by atoms with Gasteiger partial charge in [0, 0.05) is 24.8 Å². The summed E-state index contributed by atoms with van der Waals surface area (Å²) in [6, 6.07) is 14.3. The average molecular weight is 417 g/mol. The number of hydrogen-bond donors (Lipinski definition) is 0. The van der Waals surface area contributed by atoms with E-state index in [9.17, 15) is 9.59 Å². The number of nitrogens with zero attached hydrogens (tertiary/aromatic N) is 2. The van der Waals surface area contributed by atoms with Crippen molar-refractivity contribution >= 4 is 17.5 Å². The van der Waals surface area contributed by atoms with Crippen molar-refractivity contribution in [1.29, 1.82) is 0 Å². The van der Waals surface area contributed by atoms with Crippen molar-refractivity contribution < 1.29 is 14.3 Å². The summed E-state index contributed by atoms with van der Waals surface area (Å²) >= 11 is 0. The molecule has 1 saturated carbocycles. The highest BCUT2D eigenvalue weighted by Crippen LogP contribution is 2.65. The third-order valence-corrected chi connectivity index (χ3v) is 7.55. The Kier molecular flexibility index (Phi) is 4.82. The molecule has 31 heavy (non-hydrogen) atoms. The van der Waals surface area contributed by atoms with Gasteiger partial charge < -0.3 is 4.74 Å². The van der Waals surface area contributed by atoms with Gasteiger partial charge in [0.15, 0.2) is 5.78 Å². The molecule has 1 fully saturated rings. The smallest absolute Gasteiger partial charge is 0.241 e. The van der Waals surface area contributed by atoms with Crippen molar-refractivity contribution in [1.82, 2.24) is 4.98 Å². The van der Waals surface area contributed by atoms with Crippen molar-refractivity contribution in [3.05, 3.63) is 71.9 Å². The fourth-order valence-corrected chi connectivity index (χ4v) is 6.67. The van der Waals surface area contributed by atoms with E-state index in [-0.39, 0.29) is 48.0 Å². The van der Waals surface area contributed by atoms with E-state index in [0.717, 1.165) is 12.0 Å². The quantitative estimate of drug-likeness (QED) is 0.744. The highest BCUT2D eigenvalue weighted by Gasteiger charge is 2.70. The van der Waals surface area contributed by atoms with Gasteiger partial charge in [-0.1, -0.05) is 56.3 Å². The Morgan fingerprint density at radius 1 is 1.13 bits per heavy atom. The first kappa shape index (κ1) is 20.1. The Balaban J connectivity index is 1.75. The highest BCUT2D eigenvalue weighted by atomic mass is 16.5. The summed E-state index contributed by atoms with van der Waals surface area (Å²) in [5, 5.41) is 0. The summed E-state index contributed by atoms with van der Waals surface area (Å²) in [6.07, 6.45) is 6.27. The predicted molar refractivity (Wildman–Crippen MR) is 118 cm³/mol. The molecule has 1 aliphatic heterocycles. The molecule has 0 saturated heterocycles. The SMILES string of the molecule is COCN1C(=O)[C@@]2(c3cccnc31)[C@H](C(C)C)[C@H]1C(=O)C=C[C@H]1[C@@H]2Cc1ccccc1. The molecule has 1 amide bonds. The Bertz CT molecular complexity index is 1050. The van der Waals surface area contributed by atoms with Crippen LogP contribution in [0.25, 0.3) is 0 Å². The molecule has 0 unspecified atom stereocenters. The number of carbonyl (C=O) groups is 2. The minimum Gasteiger partial charge on any atom is -0.364 e. The van der Waals surface area contributed by atoms with Crippen LogP contribution < -0.4 is 4.90 Å². The van der Waals surface area contributed by atoms with Crippen LogP contribution in [-0.2, 0) is 26.2 Å². The third-order valence-electron chi connectivity index (χ3n) is 7.55. The molecule has 5 heteroatoms. The van der Waals surface area contributed by atoms with Gasteiger partial charge in [-0.25, -0.2) is 4.98 Å². The number of amides is 1. The standard InChI is InChI=1S/C26H28N2O3/c1-16(2)23-22-18(11-12-21(22)29)20(14-17-8-5-4-6-9-17)26(23)19-10-7-13-27-24(19)28(15-31-3)25(26)30/h4-13,16,18,20,22-23H,14-15H2,1-3H3/t18-,20-,22+,23+,26+/m0/s1. The number of ketones is 1. The largest absolute Gasteiger partial charge is 0.364 e. The predicted octanol–water partition coefficient (Wildman–Crippen LogP) is 3.79. The van der Waals surface area contributed by atoms with Crippen molar-refractivity contribution in [3.63, 3.8) is 0 Å². The zero-order chi connectivity index (χ0) is 21.8. The van der Waals surface area contributed by atoms with Gasteiger partial charge in [-0.3, -0.25) is 14.5 Å². The zero-order valence-electron chi connectivity index (χ0n) is 18.2. The van der Waals surface area contributed by atoms with Gasteiger partial charge in [0.25, 0.3) is 0 Å². The van der Waals surface area contributed by atoms with Gasteiger partial charge in [0.2, 0.25) is 5.91 Å². The number of ether oxygens (including phenoxy) is 1. The van der Waals surface area contributed by atoms with E-state index in [1.807, 2.05) is 30.3 Å². The summed E-state index contributed by atoms with van der Waals surface area (Å²) in [5.74, 6) is 0.776. The molecular weight excluding hydrogens is 388 g/mol.